The van der Waals surface area contributed by atoms with Crippen molar-refractivity contribution < 1.29 is 14.6 Å². The fraction of sp³-hybridized carbons (Fsp3) is 0.471. The maximum absolute atomic E-state index is 11.7. The van der Waals surface area contributed by atoms with Crippen molar-refractivity contribution in [2.75, 3.05) is 13.1 Å². The summed E-state index contributed by atoms with van der Waals surface area (Å²) in [6.07, 6.45) is 3.50. The molecule has 0 amide bonds. The van der Waals surface area contributed by atoms with Gasteiger partial charge in [0, 0.05) is 25.6 Å². The molecule has 4 heteroatoms. The number of esters is 1. The topological polar surface area (TPSA) is 49.8 Å². The van der Waals surface area contributed by atoms with Crippen molar-refractivity contribution in [3.8, 4) is 0 Å². The van der Waals surface area contributed by atoms with Crippen molar-refractivity contribution in [2.24, 2.45) is 0 Å². The molecule has 2 heterocycles. The Bertz CT molecular complexity index is 548. The Hall–Kier alpha value is -1.81. The lowest BCUT2D eigenvalue weighted by Gasteiger charge is -2.36. The first-order chi connectivity index (χ1) is 10.1. The van der Waals surface area contributed by atoms with Gasteiger partial charge in [0.05, 0.1) is 5.70 Å². The van der Waals surface area contributed by atoms with Gasteiger partial charge >= 0.3 is 5.97 Å². The third-order valence-corrected chi connectivity index (χ3v) is 4.43. The molecule has 2 aliphatic rings. The maximum atomic E-state index is 11.7. The summed E-state index contributed by atoms with van der Waals surface area (Å²) in [5.74, 6) is -0.355. The van der Waals surface area contributed by atoms with Crippen LogP contribution in [-0.2, 0) is 16.0 Å². The Morgan fingerprint density at radius 1 is 1.29 bits per heavy atom. The van der Waals surface area contributed by atoms with Crippen LogP contribution in [-0.4, -0.2) is 40.8 Å². The number of benzene rings is 1. The Balaban J connectivity index is 1.81. The molecule has 1 aromatic rings. The standard InChI is InChI=1S/C17H21NO3/c1-17(15(19)11-13-7-3-2-4-8-13)14(12-16(20)21-17)18-9-5-6-10-18/h2-4,7-8,12,15,19H,5-6,9-11H2,1H3/t15-,17+/m0/s1. The van der Waals surface area contributed by atoms with Gasteiger partial charge in [0.1, 0.15) is 6.10 Å². The van der Waals surface area contributed by atoms with Gasteiger partial charge in [-0.15, -0.1) is 0 Å². The molecule has 0 unspecified atom stereocenters. The number of ether oxygens (including phenoxy) is 1. The van der Waals surface area contributed by atoms with Crippen LogP contribution in [0.4, 0.5) is 0 Å². The Morgan fingerprint density at radius 3 is 2.62 bits per heavy atom. The molecule has 0 bridgehead atoms. The summed E-state index contributed by atoms with van der Waals surface area (Å²) < 4.78 is 5.48. The summed E-state index contributed by atoms with van der Waals surface area (Å²) in [6.45, 7) is 3.67. The van der Waals surface area contributed by atoms with Crippen LogP contribution in [0.15, 0.2) is 42.1 Å². The molecule has 0 radical (unpaired) electrons. The molecule has 0 aliphatic carbocycles. The number of rotatable bonds is 4. The molecule has 3 rings (SSSR count). The van der Waals surface area contributed by atoms with Crippen molar-refractivity contribution in [1.29, 1.82) is 0 Å². The number of aliphatic hydroxyl groups excluding tert-OH is 1. The van der Waals surface area contributed by atoms with E-state index in [1.807, 2.05) is 37.3 Å². The minimum atomic E-state index is -0.947. The number of carbonyl (C=O) groups is 1. The summed E-state index contributed by atoms with van der Waals surface area (Å²) in [7, 11) is 0. The molecule has 1 saturated heterocycles. The highest BCUT2D eigenvalue weighted by atomic mass is 16.6. The maximum Gasteiger partial charge on any atom is 0.333 e. The molecule has 112 valence electrons. The van der Waals surface area contributed by atoms with E-state index in [4.69, 9.17) is 4.74 Å². The molecule has 1 fully saturated rings. The first kappa shape index (κ1) is 14.1. The third-order valence-electron chi connectivity index (χ3n) is 4.43. The highest BCUT2D eigenvalue weighted by molar-refractivity contribution is 5.86. The van der Waals surface area contributed by atoms with E-state index >= 15 is 0 Å². The monoisotopic (exact) mass is 287 g/mol. The smallest absolute Gasteiger partial charge is 0.333 e. The zero-order chi connectivity index (χ0) is 14.9. The lowest BCUT2D eigenvalue weighted by Crippen LogP contribution is -2.47. The van der Waals surface area contributed by atoms with E-state index in [-0.39, 0.29) is 5.97 Å². The minimum absolute atomic E-state index is 0.355. The molecule has 0 aromatic heterocycles. The highest BCUT2D eigenvalue weighted by Gasteiger charge is 2.47. The quantitative estimate of drug-likeness (QED) is 0.859. The largest absolute Gasteiger partial charge is 0.447 e. The fourth-order valence-corrected chi connectivity index (χ4v) is 3.18. The van der Waals surface area contributed by atoms with Crippen LogP contribution in [0.25, 0.3) is 0 Å². The van der Waals surface area contributed by atoms with E-state index in [0.717, 1.165) is 37.2 Å². The van der Waals surface area contributed by atoms with Crippen molar-refractivity contribution >= 4 is 5.97 Å². The van der Waals surface area contributed by atoms with Crippen LogP contribution >= 0.6 is 0 Å². The van der Waals surface area contributed by atoms with E-state index in [1.165, 1.54) is 0 Å². The molecule has 21 heavy (non-hydrogen) atoms. The van der Waals surface area contributed by atoms with Crippen LogP contribution in [0.1, 0.15) is 25.3 Å². The number of carbonyl (C=O) groups excluding carboxylic acids is 1. The summed E-state index contributed by atoms with van der Waals surface area (Å²) in [5.41, 5.74) is 0.917. The van der Waals surface area contributed by atoms with Crippen LogP contribution < -0.4 is 0 Å². The number of nitrogens with zero attached hydrogens (tertiary/aromatic N) is 1. The molecule has 1 aromatic carbocycles. The average Bonchev–Trinajstić information content (AvgIpc) is 3.08. The van der Waals surface area contributed by atoms with Gasteiger partial charge in [0.2, 0.25) is 0 Å². The predicted octanol–water partition coefficient (Wildman–Crippen LogP) is 1.89. The normalized spacial score (nSPS) is 26.7. The van der Waals surface area contributed by atoms with E-state index in [0.29, 0.717) is 6.42 Å². The van der Waals surface area contributed by atoms with Gasteiger partial charge < -0.3 is 14.7 Å². The zero-order valence-corrected chi connectivity index (χ0v) is 12.3. The Morgan fingerprint density at radius 2 is 1.95 bits per heavy atom. The van der Waals surface area contributed by atoms with Crippen molar-refractivity contribution in [3.63, 3.8) is 0 Å². The van der Waals surface area contributed by atoms with Gasteiger partial charge in [0.15, 0.2) is 5.60 Å². The van der Waals surface area contributed by atoms with E-state index in [2.05, 4.69) is 4.90 Å². The van der Waals surface area contributed by atoms with E-state index < -0.39 is 11.7 Å². The third kappa shape index (κ3) is 2.68. The summed E-state index contributed by atoms with van der Waals surface area (Å²) in [6, 6.07) is 9.79. The molecule has 4 nitrogen and oxygen atoms in total. The van der Waals surface area contributed by atoms with Crippen molar-refractivity contribution in [1.82, 2.24) is 4.90 Å². The molecule has 1 N–H and O–H groups in total. The number of hydrogen-bond acceptors (Lipinski definition) is 4. The number of likely N-dealkylation sites (tertiary alicyclic amines) is 1. The minimum Gasteiger partial charge on any atom is -0.447 e. The Kier molecular flexibility index (Phi) is 3.72. The second-order valence-corrected chi connectivity index (χ2v) is 5.96. The summed E-state index contributed by atoms with van der Waals surface area (Å²) in [4.78, 5) is 13.9. The number of aliphatic hydroxyl groups is 1. The second kappa shape index (κ2) is 5.53. The summed E-state index contributed by atoms with van der Waals surface area (Å²) in [5, 5.41) is 10.7. The predicted molar refractivity (Wildman–Crippen MR) is 79.5 cm³/mol. The van der Waals surface area contributed by atoms with E-state index in [9.17, 15) is 9.90 Å². The summed E-state index contributed by atoms with van der Waals surface area (Å²) >= 11 is 0. The molecule has 2 atom stereocenters. The van der Waals surface area contributed by atoms with Crippen LogP contribution in [0.3, 0.4) is 0 Å². The lowest BCUT2D eigenvalue weighted by molar-refractivity contribution is -0.154. The Labute approximate surface area is 125 Å². The van der Waals surface area contributed by atoms with Crippen LogP contribution in [0.2, 0.25) is 0 Å². The molecule has 2 aliphatic heterocycles. The lowest BCUT2D eigenvalue weighted by atomic mass is 9.90. The van der Waals surface area contributed by atoms with Crippen LogP contribution in [0, 0.1) is 0 Å². The van der Waals surface area contributed by atoms with Crippen molar-refractivity contribution in [3.05, 3.63) is 47.7 Å². The molecular weight excluding hydrogens is 266 g/mol. The first-order valence-electron chi connectivity index (χ1n) is 7.52. The van der Waals surface area contributed by atoms with E-state index in [1.54, 1.807) is 6.08 Å². The first-order valence-corrected chi connectivity index (χ1v) is 7.52. The number of hydrogen-bond donors (Lipinski definition) is 1. The second-order valence-electron chi connectivity index (χ2n) is 5.96. The molecule has 0 saturated carbocycles. The van der Waals surface area contributed by atoms with Gasteiger partial charge in [-0.1, -0.05) is 30.3 Å². The SMILES string of the molecule is C[C@@]1([C@@H](O)Cc2ccccc2)OC(=O)C=C1N1CCCC1. The molecular formula is C17H21NO3. The molecule has 0 spiro atoms. The number of cyclic esters (lactones) is 1. The fourth-order valence-electron chi connectivity index (χ4n) is 3.18. The van der Waals surface area contributed by atoms with Crippen molar-refractivity contribution in [2.45, 2.75) is 37.9 Å². The average molecular weight is 287 g/mol. The van der Waals surface area contributed by atoms with Gasteiger partial charge in [-0.3, -0.25) is 0 Å². The highest BCUT2D eigenvalue weighted by Crippen LogP contribution is 2.36. The van der Waals surface area contributed by atoms with Gasteiger partial charge in [-0.25, -0.2) is 4.79 Å². The van der Waals surface area contributed by atoms with Gasteiger partial charge in [-0.05, 0) is 25.3 Å². The van der Waals surface area contributed by atoms with Gasteiger partial charge in [0.25, 0.3) is 0 Å². The van der Waals surface area contributed by atoms with Gasteiger partial charge in [-0.2, -0.15) is 0 Å². The zero-order valence-electron chi connectivity index (χ0n) is 12.3. The van der Waals surface area contributed by atoms with Crippen LogP contribution in [0.5, 0.6) is 0 Å².